The number of carbonyl (C=O) groups excluding carboxylic acids is 7. The Morgan fingerprint density at radius 1 is 0.719 bits per heavy atom. The van der Waals surface area contributed by atoms with Gasteiger partial charge in [0.2, 0.25) is 53.1 Å². The molecule has 10 unspecified atom stereocenters. The van der Waals surface area contributed by atoms with E-state index in [1.165, 1.54) is 25.1 Å². The van der Waals surface area contributed by atoms with Crippen LogP contribution in [-0.2, 0) is 60.4 Å². The average Bonchev–Trinajstić information content (AvgIpc) is 2.38. The normalized spacial score (nSPS) is 29.3. The van der Waals surface area contributed by atoms with Crippen LogP contribution in [0.5, 0.6) is 5.75 Å². The van der Waals surface area contributed by atoms with E-state index in [9.17, 15) is 73.5 Å². The lowest BCUT2D eigenvalue weighted by molar-refractivity contribution is -0.435. The van der Waals surface area contributed by atoms with Crippen LogP contribution in [0.4, 0.5) is 17.1 Å². The number of rotatable bonds is 14. The molecule has 30 nitrogen and oxygen atoms in total. The first kappa shape index (κ1) is 67.3. The minimum absolute atomic E-state index is 0.00660. The lowest BCUT2D eigenvalue weighted by atomic mass is 9.99. The summed E-state index contributed by atoms with van der Waals surface area (Å²) in [6.07, 6.45) is -12.2. The van der Waals surface area contributed by atoms with Gasteiger partial charge in [0.15, 0.2) is 6.10 Å². The van der Waals surface area contributed by atoms with Crippen molar-refractivity contribution < 1.29 is 92.9 Å². The van der Waals surface area contributed by atoms with E-state index in [1.807, 2.05) is 0 Å². The predicted molar refractivity (Wildman–Crippen MR) is 315 cm³/mol. The molecule has 31 heteroatoms. The fourth-order valence-electron chi connectivity index (χ4n) is 11.9. The van der Waals surface area contributed by atoms with Crippen molar-refractivity contribution in [2.24, 2.45) is 5.92 Å². The fourth-order valence-corrected chi connectivity index (χ4v) is 12.5. The van der Waals surface area contributed by atoms with Gasteiger partial charge in [0, 0.05) is 107 Å². The highest BCUT2D eigenvalue weighted by Crippen LogP contribution is 2.30. The molecule has 5 aliphatic rings. The van der Waals surface area contributed by atoms with Crippen molar-refractivity contribution >= 4 is 69.5 Å². The fraction of sp³-hybridized carbons (Fsp3) is 0.552. The number of carbonyl (C=O) groups is 7. The Morgan fingerprint density at radius 3 is 1.89 bits per heavy atom. The molecule has 3 aromatic rings. The number of hydrogen-bond acceptors (Lipinski definition) is 22. The maximum absolute atomic E-state index is 14.6. The van der Waals surface area contributed by atoms with E-state index in [2.05, 4.69) is 93.6 Å². The summed E-state index contributed by atoms with van der Waals surface area (Å²) in [5, 5.41) is 103. The first-order valence-electron chi connectivity index (χ1n) is 29.2. The Morgan fingerprint density at radius 2 is 1.29 bits per heavy atom. The highest BCUT2D eigenvalue weighted by atomic mass is 32.2. The molecular weight excluding hydrogens is 1190 g/mol. The molecule has 89 heavy (non-hydrogen) atoms. The first-order valence-corrected chi connectivity index (χ1v) is 30.3. The van der Waals surface area contributed by atoms with Gasteiger partial charge in [-0.2, -0.15) is 0 Å². The Bertz CT molecular complexity index is 3090. The maximum atomic E-state index is 14.6. The number of aromatic hydroxyl groups is 1. The molecule has 484 valence electrons. The third-order valence-corrected chi connectivity index (χ3v) is 17.4. The number of morpholine rings is 1. The van der Waals surface area contributed by atoms with Crippen LogP contribution < -0.4 is 41.3 Å². The number of aliphatic hydroxyl groups is 6. The van der Waals surface area contributed by atoms with Gasteiger partial charge < -0.3 is 96.4 Å². The molecule has 0 aliphatic carbocycles. The lowest BCUT2D eigenvalue weighted by Crippen LogP contribution is -2.64. The van der Waals surface area contributed by atoms with E-state index in [0.29, 0.717) is 26.2 Å². The van der Waals surface area contributed by atoms with Gasteiger partial charge in [-0.1, -0.05) is 22.4 Å². The molecular formula is C58H77N11O19S. The monoisotopic (exact) mass is 1260 g/mol. The number of ether oxygens (including phenoxy) is 1. The largest absolute Gasteiger partial charge is 0.507 e. The SMILES string of the molecule is [C-]#[N+]C[C@@H](O)[C@@H]1NC(=O)C([C@H](O)Cc2ccc(O)c(S(=O)OOO)c2)NC(=O)C2CC(O)CN2C(=O)C(C(C)O)NC(=O)[C@@H](NC(=O)c2ccc(N3CCN(c4ccc(N5CC(C)OC(C)C5)cc4)CC3)cc2)C[C@H](O)CNC(=O)C2[C@@H](O)C(C)CN2C1=O. The number of anilines is 3. The predicted octanol–water partition coefficient (Wildman–Crippen LogP) is -3.36. The molecule has 5 heterocycles. The molecule has 8 rings (SSSR count). The smallest absolute Gasteiger partial charge is 0.251 e. The second kappa shape index (κ2) is 29.8. The van der Waals surface area contributed by atoms with Crippen LogP contribution in [0.1, 0.15) is 56.5 Å². The van der Waals surface area contributed by atoms with Crippen LogP contribution in [0.2, 0.25) is 0 Å². The van der Waals surface area contributed by atoms with Crippen molar-refractivity contribution in [2.75, 3.05) is 80.1 Å². The molecule has 0 spiro atoms. The van der Waals surface area contributed by atoms with Crippen LogP contribution >= 0.6 is 0 Å². The van der Waals surface area contributed by atoms with Crippen LogP contribution in [0.3, 0.4) is 0 Å². The summed E-state index contributed by atoms with van der Waals surface area (Å²) in [5.74, 6) is -9.50. The Balaban J connectivity index is 1.04. The molecule has 5 fully saturated rings. The zero-order valence-electron chi connectivity index (χ0n) is 49.4. The summed E-state index contributed by atoms with van der Waals surface area (Å²) in [4.78, 5) is 112. The third kappa shape index (κ3) is 16.2. The Labute approximate surface area is 515 Å². The van der Waals surface area contributed by atoms with E-state index < -0.39 is 181 Å². The van der Waals surface area contributed by atoms with Gasteiger partial charge in [0.05, 0.1) is 42.7 Å². The van der Waals surface area contributed by atoms with E-state index in [0.717, 1.165) is 59.0 Å². The van der Waals surface area contributed by atoms with Crippen LogP contribution in [0, 0.1) is 12.5 Å². The average molecular weight is 1260 g/mol. The molecule has 3 aromatic carbocycles. The van der Waals surface area contributed by atoms with Crippen molar-refractivity contribution in [2.45, 2.75) is 137 Å². The van der Waals surface area contributed by atoms with Crippen LogP contribution in [0.25, 0.3) is 4.85 Å². The molecule has 7 amide bonds. The lowest BCUT2D eigenvalue weighted by Gasteiger charge is -2.38. The van der Waals surface area contributed by atoms with Crippen LogP contribution in [0.15, 0.2) is 71.6 Å². The van der Waals surface area contributed by atoms with Crippen molar-refractivity contribution in [3.8, 4) is 5.75 Å². The second-order valence-electron chi connectivity index (χ2n) is 23.2. The quantitative estimate of drug-likeness (QED) is 0.0426. The van der Waals surface area contributed by atoms with Crippen molar-refractivity contribution in [1.82, 2.24) is 36.4 Å². The molecule has 0 aromatic heterocycles. The molecule has 0 radical (unpaired) electrons. The number of nitrogens with one attached hydrogen (secondary N) is 5. The molecule has 5 aliphatic heterocycles. The first-order chi connectivity index (χ1) is 42.3. The van der Waals surface area contributed by atoms with Gasteiger partial charge in [-0.15, -0.1) is 0 Å². The highest BCUT2D eigenvalue weighted by molar-refractivity contribution is 7.80. The van der Waals surface area contributed by atoms with Gasteiger partial charge in [-0.05, 0) is 87.0 Å². The van der Waals surface area contributed by atoms with E-state index >= 15 is 0 Å². The number of phenolic OH excluding ortho intramolecular Hbond substituents is 1. The van der Waals surface area contributed by atoms with Gasteiger partial charge in [-0.3, -0.25) is 33.6 Å². The Kier molecular flexibility index (Phi) is 22.5. The van der Waals surface area contributed by atoms with E-state index in [4.69, 9.17) is 16.6 Å². The minimum Gasteiger partial charge on any atom is -0.507 e. The number of β-amino-alcohol motifs (C(OH)–C–C–N with tert-alkyl or cyclic N) is 1. The van der Waals surface area contributed by atoms with Crippen molar-refractivity contribution in [3.05, 3.63) is 89.3 Å². The number of benzene rings is 3. The topological polar surface area (TPSA) is 407 Å². The summed E-state index contributed by atoms with van der Waals surface area (Å²) >= 11 is -2.66. The van der Waals surface area contributed by atoms with Gasteiger partial charge in [-0.25, -0.2) is 16.0 Å². The number of hydrogen-bond donors (Lipinski definition) is 13. The summed E-state index contributed by atoms with van der Waals surface area (Å²) < 4.78 is 22.6. The molecule has 13 N–H and O–H groups in total. The summed E-state index contributed by atoms with van der Waals surface area (Å²) in [7, 11) is 0. The van der Waals surface area contributed by atoms with Crippen LogP contribution in [-0.4, -0.2) is 247 Å². The van der Waals surface area contributed by atoms with Crippen molar-refractivity contribution in [3.63, 3.8) is 0 Å². The summed E-state index contributed by atoms with van der Waals surface area (Å²) in [6, 6.07) is 6.75. The number of fused-ring (bicyclic) bond motifs is 2. The minimum atomic E-state index is -2.66. The number of amides is 7. The molecule has 5 saturated heterocycles. The molecule has 0 saturated carbocycles. The number of piperazine rings is 1. The highest BCUT2D eigenvalue weighted by Gasteiger charge is 2.50. The summed E-state index contributed by atoms with van der Waals surface area (Å²) in [5.41, 5.74) is 3.09. The second-order valence-corrected chi connectivity index (χ2v) is 24.3. The number of phenols is 1. The Hall–Kier alpha value is -7.61. The molecule has 16 atom stereocenters. The van der Waals surface area contributed by atoms with Gasteiger partial charge in [0.25, 0.3) is 5.91 Å². The zero-order chi connectivity index (χ0) is 64.5. The standard InChI is InChI=1S/C58H77N11O19S/c1-30-26-69-50(51(30)76)56(81)60-24-39(71)22-41(61-52(77)35-7-9-36(10-8-35)65-16-18-66(19-17-65)37-11-13-38(14-12-37)67-27-31(2)86-32(3)28-67)53(78)62-47(33(4)70)57(82)68-29-40(72)23-42(68)54(79)63-48(55(80)64-49(58(69)83)45(75)25-59-5)44(74)20-34-6-15-43(73)46(21-34)89(85)88-87-84/h6-15,21,30-33,39-42,44-45,47-51,70-76,84H,16-20,22-29H2,1-4H3,(H,60,81)(H,61,77)(H,62,78)(H,63,79)(H,64,80)/t30?,31?,32?,33?,39-,40?,41-,42?,44+,45+,47?,48?,49-,50?,51-,89?/m0/s1. The summed E-state index contributed by atoms with van der Waals surface area (Å²) in [6.45, 7) is 16.1. The van der Waals surface area contributed by atoms with Gasteiger partial charge in [0.1, 0.15) is 46.9 Å². The zero-order valence-corrected chi connectivity index (χ0v) is 50.2. The third-order valence-electron chi connectivity index (χ3n) is 16.5. The van der Waals surface area contributed by atoms with Gasteiger partial charge >= 0.3 is 0 Å². The van der Waals surface area contributed by atoms with E-state index in [-0.39, 0.29) is 29.9 Å². The number of aliphatic hydroxyl groups excluding tert-OH is 6. The number of nitrogens with zero attached hydrogens (tertiary/aromatic N) is 6. The van der Waals surface area contributed by atoms with Crippen molar-refractivity contribution in [1.29, 1.82) is 0 Å². The molecule has 0 bridgehead atoms. The maximum Gasteiger partial charge on any atom is 0.251 e. The van der Waals surface area contributed by atoms with E-state index in [1.54, 1.807) is 12.1 Å².